The molecule has 7 heteroatoms. The van der Waals surface area contributed by atoms with Crippen molar-refractivity contribution in [3.05, 3.63) is 48.8 Å². The Bertz CT molecular complexity index is 929. The molecule has 140 valence electrons. The largest absolute Gasteiger partial charge is 0.367 e. The third kappa shape index (κ3) is 3.93. The van der Waals surface area contributed by atoms with Crippen LogP contribution in [0.1, 0.15) is 12.8 Å². The Morgan fingerprint density at radius 2 is 2.04 bits per heavy atom. The van der Waals surface area contributed by atoms with Gasteiger partial charge in [0.2, 0.25) is 5.91 Å². The summed E-state index contributed by atoms with van der Waals surface area (Å²) in [6, 6.07) is 12.4. The van der Waals surface area contributed by atoms with Crippen molar-refractivity contribution >= 4 is 17.4 Å². The average Bonchev–Trinajstić information content (AvgIpc) is 3.14. The van der Waals surface area contributed by atoms with Gasteiger partial charge in [-0.05, 0) is 37.1 Å². The number of amides is 1. The molecule has 1 amide bonds. The first-order chi connectivity index (χ1) is 13.2. The molecule has 0 aliphatic carbocycles. The summed E-state index contributed by atoms with van der Waals surface area (Å²) in [5.41, 5.74) is 2.79. The summed E-state index contributed by atoms with van der Waals surface area (Å²) in [4.78, 5) is 22.9. The zero-order valence-electron chi connectivity index (χ0n) is 15.4. The Labute approximate surface area is 158 Å². The molecule has 0 radical (unpaired) electrons. The van der Waals surface area contributed by atoms with Crippen molar-refractivity contribution < 1.29 is 4.79 Å². The number of rotatable bonds is 5. The minimum Gasteiger partial charge on any atom is -0.367 e. The zero-order valence-corrected chi connectivity index (χ0v) is 15.4. The van der Waals surface area contributed by atoms with E-state index < -0.39 is 0 Å². The normalized spacial score (nSPS) is 15.7. The van der Waals surface area contributed by atoms with Crippen molar-refractivity contribution in [2.75, 3.05) is 32.0 Å². The van der Waals surface area contributed by atoms with Crippen LogP contribution in [0.15, 0.2) is 48.8 Å². The van der Waals surface area contributed by atoms with Crippen LogP contribution in [0.5, 0.6) is 0 Å². The maximum absolute atomic E-state index is 11.5. The summed E-state index contributed by atoms with van der Waals surface area (Å²) in [6.45, 7) is 2.31. The molecule has 4 heterocycles. The predicted molar refractivity (Wildman–Crippen MR) is 106 cm³/mol. The summed E-state index contributed by atoms with van der Waals surface area (Å²) in [5.74, 6) is 0.951. The number of carbonyl (C=O) groups is 1. The molecule has 0 bridgehead atoms. The van der Waals surface area contributed by atoms with E-state index in [1.165, 1.54) is 0 Å². The first-order valence-electron chi connectivity index (χ1n) is 9.32. The molecule has 0 unspecified atom stereocenters. The van der Waals surface area contributed by atoms with Crippen LogP contribution in [0.2, 0.25) is 0 Å². The van der Waals surface area contributed by atoms with Crippen LogP contribution in [-0.2, 0) is 4.79 Å². The molecule has 1 aliphatic heterocycles. The number of nitrogens with one attached hydrogen (secondary N) is 2. The Morgan fingerprint density at radius 1 is 1.19 bits per heavy atom. The molecule has 1 aliphatic rings. The van der Waals surface area contributed by atoms with E-state index in [0.717, 1.165) is 48.8 Å². The highest BCUT2D eigenvalue weighted by molar-refractivity contribution is 5.77. The van der Waals surface area contributed by atoms with Crippen molar-refractivity contribution in [2.24, 2.45) is 0 Å². The van der Waals surface area contributed by atoms with Gasteiger partial charge >= 0.3 is 0 Å². The number of imidazole rings is 1. The van der Waals surface area contributed by atoms with Gasteiger partial charge in [0, 0.05) is 32.4 Å². The number of likely N-dealkylation sites (N-methyl/N-ethyl adjacent to an activating group) is 1. The Hall–Kier alpha value is -2.93. The van der Waals surface area contributed by atoms with Gasteiger partial charge in [0.15, 0.2) is 0 Å². The minimum absolute atomic E-state index is 0.0730. The SMILES string of the molecule is CNC(=O)CN1CCC(Nc2cccc(-c3cnc4ccccn34)n2)CC1. The van der Waals surface area contributed by atoms with Gasteiger partial charge in [-0.25, -0.2) is 9.97 Å². The highest BCUT2D eigenvalue weighted by Crippen LogP contribution is 2.22. The molecular formula is C20H24N6O. The lowest BCUT2D eigenvalue weighted by Crippen LogP contribution is -2.43. The minimum atomic E-state index is 0.0730. The molecular weight excluding hydrogens is 340 g/mol. The number of hydrogen-bond acceptors (Lipinski definition) is 5. The lowest BCUT2D eigenvalue weighted by atomic mass is 10.1. The third-order valence-corrected chi connectivity index (χ3v) is 5.01. The smallest absolute Gasteiger partial charge is 0.233 e. The van der Waals surface area contributed by atoms with Gasteiger partial charge in [0.1, 0.15) is 11.5 Å². The second-order valence-corrected chi connectivity index (χ2v) is 6.85. The Kier molecular flexibility index (Phi) is 5.02. The van der Waals surface area contributed by atoms with Crippen molar-refractivity contribution in [3.63, 3.8) is 0 Å². The summed E-state index contributed by atoms with van der Waals surface area (Å²) < 4.78 is 2.05. The maximum Gasteiger partial charge on any atom is 0.233 e. The van der Waals surface area contributed by atoms with Crippen LogP contribution in [0.25, 0.3) is 17.0 Å². The van der Waals surface area contributed by atoms with Gasteiger partial charge < -0.3 is 10.6 Å². The van der Waals surface area contributed by atoms with Crippen molar-refractivity contribution in [2.45, 2.75) is 18.9 Å². The van der Waals surface area contributed by atoms with E-state index in [2.05, 4.69) is 20.5 Å². The second-order valence-electron chi connectivity index (χ2n) is 6.85. The molecule has 2 N–H and O–H groups in total. The number of hydrogen-bond donors (Lipinski definition) is 2. The molecule has 1 saturated heterocycles. The Balaban J connectivity index is 1.43. The van der Waals surface area contributed by atoms with Crippen LogP contribution in [0, 0.1) is 0 Å². The number of carbonyl (C=O) groups excluding carboxylic acids is 1. The number of likely N-dealkylation sites (tertiary alicyclic amines) is 1. The lowest BCUT2D eigenvalue weighted by molar-refractivity contribution is -0.122. The van der Waals surface area contributed by atoms with E-state index in [1.807, 2.05) is 53.2 Å². The number of nitrogens with zero attached hydrogens (tertiary/aromatic N) is 4. The standard InChI is InChI=1S/C20H24N6O/c1-21-20(27)14-25-11-8-15(9-12-25)23-18-6-4-5-16(24-18)17-13-22-19-7-2-3-10-26(17)19/h2-7,10,13,15H,8-9,11-12,14H2,1H3,(H,21,27)(H,23,24). The Morgan fingerprint density at radius 3 is 2.85 bits per heavy atom. The fourth-order valence-electron chi connectivity index (χ4n) is 3.51. The average molecular weight is 364 g/mol. The predicted octanol–water partition coefficient (Wildman–Crippen LogP) is 2.02. The van der Waals surface area contributed by atoms with E-state index in [9.17, 15) is 4.79 Å². The molecule has 0 aromatic carbocycles. The third-order valence-electron chi connectivity index (χ3n) is 5.01. The van der Waals surface area contributed by atoms with Crippen molar-refractivity contribution in [1.82, 2.24) is 24.6 Å². The number of pyridine rings is 2. The second kappa shape index (κ2) is 7.75. The topological polar surface area (TPSA) is 74.6 Å². The molecule has 1 fully saturated rings. The first kappa shape index (κ1) is 17.5. The van der Waals surface area contributed by atoms with Crippen molar-refractivity contribution in [1.29, 1.82) is 0 Å². The van der Waals surface area contributed by atoms with E-state index >= 15 is 0 Å². The van der Waals surface area contributed by atoms with Gasteiger partial charge in [-0.3, -0.25) is 14.1 Å². The molecule has 27 heavy (non-hydrogen) atoms. The molecule has 4 rings (SSSR count). The summed E-state index contributed by atoms with van der Waals surface area (Å²) in [7, 11) is 1.68. The summed E-state index contributed by atoms with van der Waals surface area (Å²) >= 11 is 0. The molecule has 0 spiro atoms. The van der Waals surface area contributed by atoms with Gasteiger partial charge in [0.05, 0.1) is 24.1 Å². The van der Waals surface area contributed by atoms with E-state index in [4.69, 9.17) is 4.98 Å². The van der Waals surface area contributed by atoms with E-state index in [1.54, 1.807) is 7.05 Å². The van der Waals surface area contributed by atoms with Gasteiger partial charge in [-0.15, -0.1) is 0 Å². The van der Waals surface area contributed by atoms with Crippen molar-refractivity contribution in [3.8, 4) is 11.4 Å². The van der Waals surface area contributed by atoms with E-state index in [0.29, 0.717) is 12.6 Å². The van der Waals surface area contributed by atoms with Gasteiger partial charge in [-0.2, -0.15) is 0 Å². The number of piperidine rings is 1. The molecule has 0 atom stereocenters. The highest BCUT2D eigenvalue weighted by Gasteiger charge is 2.20. The first-order valence-corrected chi connectivity index (χ1v) is 9.32. The van der Waals surface area contributed by atoms with Gasteiger partial charge in [-0.1, -0.05) is 12.1 Å². The molecule has 0 saturated carbocycles. The quantitative estimate of drug-likeness (QED) is 0.725. The van der Waals surface area contributed by atoms with Crippen LogP contribution >= 0.6 is 0 Å². The molecule has 3 aromatic rings. The van der Waals surface area contributed by atoms with Crippen LogP contribution in [0.3, 0.4) is 0 Å². The number of aromatic nitrogens is 3. The zero-order chi connectivity index (χ0) is 18.6. The summed E-state index contributed by atoms with van der Waals surface area (Å²) in [5, 5.41) is 6.23. The summed E-state index contributed by atoms with van der Waals surface area (Å²) in [6.07, 6.45) is 5.86. The van der Waals surface area contributed by atoms with Crippen LogP contribution in [-0.4, -0.2) is 57.9 Å². The monoisotopic (exact) mass is 364 g/mol. The molecule has 3 aromatic heterocycles. The van der Waals surface area contributed by atoms with Crippen LogP contribution < -0.4 is 10.6 Å². The maximum atomic E-state index is 11.5. The van der Waals surface area contributed by atoms with Crippen LogP contribution in [0.4, 0.5) is 5.82 Å². The fourth-order valence-corrected chi connectivity index (χ4v) is 3.51. The number of anilines is 1. The lowest BCUT2D eigenvalue weighted by Gasteiger charge is -2.32. The number of fused-ring (bicyclic) bond motifs is 1. The van der Waals surface area contributed by atoms with E-state index in [-0.39, 0.29) is 5.91 Å². The molecule has 7 nitrogen and oxygen atoms in total. The fraction of sp³-hybridized carbons (Fsp3) is 0.350. The highest BCUT2D eigenvalue weighted by atomic mass is 16.1. The van der Waals surface area contributed by atoms with Gasteiger partial charge in [0.25, 0.3) is 0 Å².